The molecule has 0 aliphatic carbocycles. The number of benzene rings is 1. The maximum absolute atomic E-state index is 12.8. The molecular weight excluding hydrogens is 267 g/mol. The number of amides is 2. The summed E-state index contributed by atoms with van der Waals surface area (Å²) in [5.74, 6) is -3.08. The van der Waals surface area contributed by atoms with E-state index in [0.29, 0.717) is 5.56 Å². The Morgan fingerprint density at radius 2 is 1.65 bits per heavy atom. The maximum Gasteiger partial charge on any atom is 0.323 e. The van der Waals surface area contributed by atoms with E-state index in [-0.39, 0.29) is 25.5 Å². The van der Waals surface area contributed by atoms with Crippen LogP contribution in [-0.4, -0.2) is 52.3 Å². The predicted molar refractivity (Wildman–Crippen MR) is 66.0 cm³/mol. The third-order valence-corrected chi connectivity index (χ3v) is 3.01. The molecule has 1 heterocycles. The molecular formula is C13H13FN2O4. The second-order valence-electron chi connectivity index (χ2n) is 4.47. The fraction of sp³-hybridized carbons (Fsp3) is 0.308. The molecule has 0 spiro atoms. The van der Waals surface area contributed by atoms with Gasteiger partial charge in [0.25, 0.3) is 0 Å². The average Bonchev–Trinajstić information content (AvgIpc) is 2.40. The van der Waals surface area contributed by atoms with Crippen LogP contribution in [0.1, 0.15) is 5.56 Å². The molecule has 1 aliphatic heterocycles. The van der Waals surface area contributed by atoms with E-state index in [1.54, 1.807) is 0 Å². The Balaban J connectivity index is 2.02. The maximum atomic E-state index is 12.8. The van der Waals surface area contributed by atoms with Gasteiger partial charge in [0, 0.05) is 19.6 Å². The fourth-order valence-corrected chi connectivity index (χ4v) is 1.99. The predicted octanol–water partition coefficient (Wildman–Crippen LogP) is 0.0811. The highest BCUT2D eigenvalue weighted by Gasteiger charge is 2.33. The molecule has 106 valence electrons. The Labute approximate surface area is 114 Å². The first-order valence-electron chi connectivity index (χ1n) is 6.02. The molecule has 1 aromatic carbocycles. The van der Waals surface area contributed by atoms with Crippen molar-refractivity contribution in [3.05, 3.63) is 35.6 Å². The highest BCUT2D eigenvalue weighted by atomic mass is 19.1. The molecule has 1 saturated heterocycles. The molecule has 1 aromatic rings. The van der Waals surface area contributed by atoms with Crippen LogP contribution in [0.5, 0.6) is 0 Å². The van der Waals surface area contributed by atoms with E-state index in [4.69, 9.17) is 5.11 Å². The van der Waals surface area contributed by atoms with Crippen LogP contribution in [0.15, 0.2) is 24.3 Å². The van der Waals surface area contributed by atoms with Crippen LogP contribution in [-0.2, 0) is 20.9 Å². The number of rotatable bonds is 4. The van der Waals surface area contributed by atoms with Gasteiger partial charge in [0.2, 0.25) is 0 Å². The summed E-state index contributed by atoms with van der Waals surface area (Å²) < 4.78 is 12.8. The van der Waals surface area contributed by atoms with Crippen molar-refractivity contribution in [3.63, 3.8) is 0 Å². The van der Waals surface area contributed by atoms with Crippen molar-refractivity contribution in [2.45, 2.75) is 6.54 Å². The van der Waals surface area contributed by atoms with Crippen LogP contribution in [0.4, 0.5) is 4.39 Å². The van der Waals surface area contributed by atoms with E-state index >= 15 is 0 Å². The minimum absolute atomic E-state index is 0.179. The van der Waals surface area contributed by atoms with E-state index < -0.39 is 24.3 Å². The molecule has 1 fully saturated rings. The van der Waals surface area contributed by atoms with Crippen molar-refractivity contribution in [3.8, 4) is 0 Å². The molecule has 2 amide bonds. The van der Waals surface area contributed by atoms with Crippen LogP contribution in [0.2, 0.25) is 0 Å². The molecule has 0 atom stereocenters. The van der Waals surface area contributed by atoms with Crippen LogP contribution in [0.25, 0.3) is 0 Å². The third-order valence-electron chi connectivity index (χ3n) is 3.01. The summed E-state index contributed by atoms with van der Waals surface area (Å²) in [5.41, 5.74) is 0.708. The van der Waals surface area contributed by atoms with Gasteiger partial charge in [-0.25, -0.2) is 4.39 Å². The Morgan fingerprint density at radius 1 is 1.10 bits per heavy atom. The molecule has 0 radical (unpaired) electrons. The Hall–Kier alpha value is -2.44. The van der Waals surface area contributed by atoms with Crippen LogP contribution < -0.4 is 0 Å². The molecule has 0 unspecified atom stereocenters. The number of carbonyl (C=O) groups excluding carboxylic acids is 2. The number of piperazine rings is 1. The number of hydrogen-bond acceptors (Lipinski definition) is 3. The van der Waals surface area contributed by atoms with Gasteiger partial charge in [-0.05, 0) is 17.7 Å². The van der Waals surface area contributed by atoms with Crippen LogP contribution in [0.3, 0.4) is 0 Å². The first-order chi connectivity index (χ1) is 9.47. The summed E-state index contributed by atoms with van der Waals surface area (Å²) in [6.45, 7) is 0.161. The van der Waals surface area contributed by atoms with Crippen LogP contribution >= 0.6 is 0 Å². The highest BCUT2D eigenvalue weighted by molar-refractivity contribution is 6.35. The quantitative estimate of drug-likeness (QED) is 0.792. The lowest BCUT2D eigenvalue weighted by molar-refractivity contribution is -0.159. The lowest BCUT2D eigenvalue weighted by Gasteiger charge is -2.32. The van der Waals surface area contributed by atoms with Crippen molar-refractivity contribution in [1.82, 2.24) is 9.80 Å². The van der Waals surface area contributed by atoms with E-state index in [2.05, 4.69) is 0 Å². The first kappa shape index (κ1) is 14.0. The number of carboxylic acids is 1. The Kier molecular flexibility index (Phi) is 3.97. The zero-order valence-electron chi connectivity index (χ0n) is 10.6. The van der Waals surface area contributed by atoms with E-state index in [1.165, 1.54) is 29.2 Å². The fourth-order valence-electron chi connectivity index (χ4n) is 1.99. The summed E-state index contributed by atoms with van der Waals surface area (Å²) >= 11 is 0. The lowest BCUT2D eigenvalue weighted by Crippen LogP contribution is -2.54. The number of nitrogens with zero attached hydrogens (tertiary/aromatic N) is 2. The van der Waals surface area contributed by atoms with Gasteiger partial charge in [-0.2, -0.15) is 0 Å². The number of carboxylic acid groups (broad SMARTS) is 1. The summed E-state index contributed by atoms with van der Waals surface area (Å²) in [6.07, 6.45) is 0. The number of carbonyl (C=O) groups is 3. The second-order valence-corrected chi connectivity index (χ2v) is 4.47. The highest BCUT2D eigenvalue weighted by Crippen LogP contribution is 2.11. The van der Waals surface area contributed by atoms with Crippen molar-refractivity contribution >= 4 is 17.8 Å². The molecule has 1 N–H and O–H groups in total. The zero-order valence-corrected chi connectivity index (χ0v) is 10.6. The van der Waals surface area contributed by atoms with E-state index in [0.717, 1.165) is 4.90 Å². The monoisotopic (exact) mass is 280 g/mol. The normalized spacial score (nSPS) is 15.7. The van der Waals surface area contributed by atoms with Crippen molar-refractivity contribution in [2.75, 3.05) is 19.6 Å². The van der Waals surface area contributed by atoms with Crippen molar-refractivity contribution in [2.24, 2.45) is 0 Å². The van der Waals surface area contributed by atoms with Gasteiger partial charge >= 0.3 is 17.8 Å². The molecule has 7 heteroatoms. The molecule has 2 rings (SSSR count). The Bertz CT molecular complexity index is 544. The van der Waals surface area contributed by atoms with Gasteiger partial charge < -0.3 is 14.9 Å². The van der Waals surface area contributed by atoms with Gasteiger partial charge in [0.1, 0.15) is 12.4 Å². The van der Waals surface area contributed by atoms with Gasteiger partial charge in [-0.1, -0.05) is 12.1 Å². The first-order valence-corrected chi connectivity index (χ1v) is 6.02. The molecule has 0 bridgehead atoms. The van der Waals surface area contributed by atoms with Gasteiger partial charge in [0.05, 0.1) is 0 Å². The molecule has 1 aliphatic rings. The lowest BCUT2D eigenvalue weighted by atomic mass is 10.2. The number of hydrogen-bond donors (Lipinski definition) is 1. The van der Waals surface area contributed by atoms with Crippen LogP contribution in [0, 0.1) is 5.82 Å². The average molecular weight is 280 g/mol. The zero-order chi connectivity index (χ0) is 14.7. The number of aliphatic carboxylic acids is 1. The molecule has 0 aromatic heterocycles. The number of halogens is 1. The summed E-state index contributed by atoms with van der Waals surface area (Å²) in [5, 5.41) is 8.64. The van der Waals surface area contributed by atoms with Crippen molar-refractivity contribution < 1.29 is 23.9 Å². The largest absolute Gasteiger partial charge is 0.480 e. The molecule has 0 saturated carbocycles. The molecule has 6 nitrogen and oxygen atoms in total. The minimum Gasteiger partial charge on any atom is -0.480 e. The molecule has 20 heavy (non-hydrogen) atoms. The summed E-state index contributed by atoms with van der Waals surface area (Å²) in [6, 6.07) is 5.64. The summed E-state index contributed by atoms with van der Waals surface area (Å²) in [7, 11) is 0. The Morgan fingerprint density at radius 3 is 2.25 bits per heavy atom. The van der Waals surface area contributed by atoms with E-state index in [1.807, 2.05) is 0 Å². The minimum atomic E-state index is -1.15. The van der Waals surface area contributed by atoms with Gasteiger partial charge in [-0.15, -0.1) is 0 Å². The summed E-state index contributed by atoms with van der Waals surface area (Å²) in [4.78, 5) is 36.5. The van der Waals surface area contributed by atoms with Crippen molar-refractivity contribution in [1.29, 1.82) is 0 Å². The van der Waals surface area contributed by atoms with E-state index in [9.17, 15) is 18.8 Å². The third kappa shape index (κ3) is 3.11. The smallest absolute Gasteiger partial charge is 0.323 e. The standard InChI is InChI=1S/C13H13FN2O4/c14-10-3-1-9(2-4-10)7-15-5-6-16(8-11(17)18)13(20)12(15)19/h1-4H,5-8H2,(H,17,18). The SMILES string of the molecule is O=C(O)CN1CCN(Cc2ccc(F)cc2)C(=O)C1=O. The topological polar surface area (TPSA) is 77.9 Å². The van der Waals surface area contributed by atoms with Gasteiger partial charge in [0.15, 0.2) is 0 Å². The second kappa shape index (κ2) is 5.68. The van der Waals surface area contributed by atoms with Gasteiger partial charge in [-0.3, -0.25) is 14.4 Å².